The van der Waals surface area contributed by atoms with Crippen molar-refractivity contribution in [1.82, 2.24) is 14.6 Å². The van der Waals surface area contributed by atoms with Crippen LogP contribution in [0.15, 0.2) is 48.7 Å². The van der Waals surface area contributed by atoms with Crippen LogP contribution in [0.1, 0.15) is 28.8 Å². The lowest BCUT2D eigenvalue weighted by Gasteiger charge is -2.22. The van der Waals surface area contributed by atoms with Crippen LogP contribution in [0.25, 0.3) is 16.9 Å². The van der Waals surface area contributed by atoms with Gasteiger partial charge in [-0.1, -0.05) is 6.07 Å². The van der Waals surface area contributed by atoms with Crippen LogP contribution in [-0.2, 0) is 4.74 Å². The van der Waals surface area contributed by atoms with Gasteiger partial charge in [-0.2, -0.15) is 0 Å². The summed E-state index contributed by atoms with van der Waals surface area (Å²) in [4.78, 5) is 16.3. The fraction of sp³-hybridized carbons (Fsp3) is 0.296. The number of amides is 1. The molecule has 3 N–H and O–H groups in total. The van der Waals surface area contributed by atoms with Gasteiger partial charge in [-0.05, 0) is 55.5 Å². The Morgan fingerprint density at radius 2 is 2.03 bits per heavy atom. The van der Waals surface area contributed by atoms with E-state index < -0.39 is 11.7 Å². The Morgan fingerprint density at radius 3 is 2.73 bits per heavy atom. The number of nitrogens with zero attached hydrogens (tertiary/aromatic N) is 3. The van der Waals surface area contributed by atoms with Crippen molar-refractivity contribution in [2.75, 3.05) is 32.2 Å². The topological polar surface area (TPSA) is 113 Å². The number of ether oxygens (including phenoxy) is 3. The maximum Gasteiger partial charge on any atom is 0.248 e. The van der Waals surface area contributed by atoms with Crippen LogP contribution in [0.3, 0.4) is 0 Å². The van der Waals surface area contributed by atoms with Gasteiger partial charge in [0.15, 0.2) is 17.2 Å². The molecule has 0 radical (unpaired) electrons. The van der Waals surface area contributed by atoms with E-state index in [1.165, 1.54) is 19.2 Å². The van der Waals surface area contributed by atoms with Gasteiger partial charge >= 0.3 is 0 Å². The van der Waals surface area contributed by atoms with Gasteiger partial charge in [-0.25, -0.2) is 13.9 Å². The molecule has 0 saturated carbocycles. The zero-order valence-electron chi connectivity index (χ0n) is 20.7. The molecule has 10 heteroatoms. The molecule has 0 aliphatic carbocycles. The number of hydrogen-bond donors (Lipinski definition) is 2. The number of methoxy groups -OCH3 is 1. The van der Waals surface area contributed by atoms with Crippen molar-refractivity contribution in [2.24, 2.45) is 11.7 Å². The molecular weight excluding hydrogens is 477 g/mol. The molecule has 192 valence electrons. The minimum Gasteiger partial charge on any atom is -0.494 e. The summed E-state index contributed by atoms with van der Waals surface area (Å²) in [6.07, 6.45) is 3.68. The standard InChI is InChI=1S/C27H28FN5O4/c1-16-11-18(3-5-20(16)26(29)34)23-15-31-27-22(30-14-17-7-9-36-10-8-17)13-25(32-33(23)27)37-19-4-6-24(35-2)21(28)12-19/h3-6,11-13,15,17,30H,7-10,14H2,1-2H3,(H2,29,34). The number of hydrogen-bond acceptors (Lipinski definition) is 7. The Morgan fingerprint density at radius 1 is 1.22 bits per heavy atom. The summed E-state index contributed by atoms with van der Waals surface area (Å²) in [6, 6.07) is 11.5. The van der Waals surface area contributed by atoms with Crippen molar-refractivity contribution < 1.29 is 23.4 Å². The maximum absolute atomic E-state index is 14.3. The van der Waals surface area contributed by atoms with Gasteiger partial charge < -0.3 is 25.3 Å². The average molecular weight is 506 g/mol. The number of benzene rings is 2. The molecule has 0 unspecified atom stereocenters. The van der Waals surface area contributed by atoms with E-state index in [9.17, 15) is 9.18 Å². The summed E-state index contributed by atoms with van der Waals surface area (Å²) in [5.41, 5.74) is 9.55. The fourth-order valence-electron chi connectivity index (χ4n) is 4.46. The minimum absolute atomic E-state index is 0.126. The number of carbonyl (C=O) groups is 1. The molecule has 0 atom stereocenters. The molecule has 1 amide bonds. The normalized spacial score (nSPS) is 14.0. The number of carbonyl (C=O) groups excluding carboxylic acids is 1. The highest BCUT2D eigenvalue weighted by atomic mass is 19.1. The minimum atomic E-state index is -0.535. The lowest BCUT2D eigenvalue weighted by atomic mass is 10.0. The SMILES string of the molecule is COc1ccc(Oc2cc(NCC3CCOCC3)c3ncc(-c4ccc(C(N)=O)c(C)c4)n3n2)cc1F. The fourth-order valence-corrected chi connectivity index (χ4v) is 4.46. The number of rotatable bonds is 8. The van der Waals surface area contributed by atoms with Crippen molar-refractivity contribution in [2.45, 2.75) is 19.8 Å². The first-order valence-electron chi connectivity index (χ1n) is 12.1. The van der Waals surface area contributed by atoms with Gasteiger partial charge in [0.1, 0.15) is 5.75 Å². The number of anilines is 1. The highest BCUT2D eigenvalue weighted by molar-refractivity contribution is 5.94. The monoisotopic (exact) mass is 505 g/mol. The lowest BCUT2D eigenvalue weighted by molar-refractivity contribution is 0.0699. The zero-order valence-corrected chi connectivity index (χ0v) is 20.7. The van der Waals surface area contributed by atoms with Crippen LogP contribution in [0.5, 0.6) is 17.4 Å². The number of nitrogens with one attached hydrogen (secondary N) is 1. The van der Waals surface area contributed by atoms with Gasteiger partial charge in [-0.3, -0.25) is 4.79 Å². The Bertz CT molecular complexity index is 1450. The van der Waals surface area contributed by atoms with Crippen molar-refractivity contribution in [3.05, 3.63) is 65.6 Å². The molecular formula is C27H28FN5O4. The van der Waals surface area contributed by atoms with E-state index in [0.717, 1.165) is 49.4 Å². The second-order valence-electron chi connectivity index (χ2n) is 9.00. The molecule has 9 nitrogen and oxygen atoms in total. The van der Waals surface area contributed by atoms with E-state index in [2.05, 4.69) is 15.4 Å². The summed E-state index contributed by atoms with van der Waals surface area (Å²) < 4.78 is 32.4. The van der Waals surface area contributed by atoms with Gasteiger partial charge in [0.25, 0.3) is 0 Å². The number of primary amides is 1. The quantitative estimate of drug-likeness (QED) is 0.360. The molecule has 2 aromatic carbocycles. The van der Waals surface area contributed by atoms with Crippen LogP contribution in [0, 0.1) is 18.7 Å². The Labute approximate surface area is 213 Å². The third-order valence-electron chi connectivity index (χ3n) is 6.50. The van der Waals surface area contributed by atoms with Crippen LogP contribution in [0.4, 0.5) is 10.1 Å². The van der Waals surface area contributed by atoms with E-state index >= 15 is 0 Å². The molecule has 1 saturated heterocycles. The van der Waals surface area contributed by atoms with Crippen molar-refractivity contribution >= 4 is 17.2 Å². The van der Waals surface area contributed by atoms with Gasteiger partial charge in [-0.15, -0.1) is 5.10 Å². The van der Waals surface area contributed by atoms with E-state index in [1.807, 2.05) is 13.0 Å². The number of halogens is 1. The number of imidazole rings is 1. The smallest absolute Gasteiger partial charge is 0.248 e. The van der Waals surface area contributed by atoms with Crippen molar-refractivity contribution in [3.8, 4) is 28.6 Å². The predicted molar refractivity (Wildman–Crippen MR) is 137 cm³/mol. The van der Waals surface area contributed by atoms with Crippen LogP contribution in [0.2, 0.25) is 0 Å². The number of aryl methyl sites for hydroxylation is 1. The summed E-state index contributed by atoms with van der Waals surface area (Å²) >= 11 is 0. The van der Waals surface area contributed by atoms with Crippen LogP contribution < -0.4 is 20.5 Å². The Hall–Kier alpha value is -4.18. The molecule has 3 heterocycles. The first-order valence-corrected chi connectivity index (χ1v) is 12.1. The Kier molecular flexibility index (Phi) is 6.91. The van der Waals surface area contributed by atoms with E-state index in [0.29, 0.717) is 22.8 Å². The number of nitrogens with two attached hydrogens (primary N) is 1. The first kappa shape index (κ1) is 24.5. The largest absolute Gasteiger partial charge is 0.494 e. The number of aromatic nitrogens is 3. The molecule has 0 bridgehead atoms. The molecule has 0 spiro atoms. The summed E-state index contributed by atoms with van der Waals surface area (Å²) in [5.74, 6) is 0.122. The molecule has 37 heavy (non-hydrogen) atoms. The van der Waals surface area contributed by atoms with E-state index in [-0.39, 0.29) is 17.4 Å². The van der Waals surface area contributed by atoms with Crippen molar-refractivity contribution in [3.63, 3.8) is 0 Å². The van der Waals surface area contributed by atoms with Gasteiger partial charge in [0.05, 0.1) is 24.7 Å². The third-order valence-corrected chi connectivity index (χ3v) is 6.50. The van der Waals surface area contributed by atoms with E-state index in [4.69, 9.17) is 19.9 Å². The molecule has 1 aliphatic rings. The van der Waals surface area contributed by atoms with Gasteiger partial charge in [0.2, 0.25) is 11.8 Å². The summed E-state index contributed by atoms with van der Waals surface area (Å²) in [5, 5.41) is 8.15. The van der Waals surface area contributed by atoms with Crippen molar-refractivity contribution in [1.29, 1.82) is 0 Å². The Balaban J connectivity index is 1.54. The van der Waals surface area contributed by atoms with Crippen LogP contribution in [-0.4, -0.2) is 47.4 Å². The maximum atomic E-state index is 14.3. The molecule has 4 aromatic rings. The van der Waals surface area contributed by atoms with Gasteiger partial charge in [0, 0.05) is 43.0 Å². The van der Waals surface area contributed by atoms with Crippen LogP contribution >= 0.6 is 0 Å². The summed E-state index contributed by atoms with van der Waals surface area (Å²) in [7, 11) is 1.41. The summed E-state index contributed by atoms with van der Waals surface area (Å²) in [6.45, 7) is 4.08. The molecule has 2 aromatic heterocycles. The molecule has 1 aliphatic heterocycles. The highest BCUT2D eigenvalue weighted by Crippen LogP contribution is 2.31. The predicted octanol–water partition coefficient (Wildman–Crippen LogP) is 4.58. The highest BCUT2D eigenvalue weighted by Gasteiger charge is 2.18. The molecule has 1 fully saturated rings. The average Bonchev–Trinajstić information content (AvgIpc) is 3.32. The molecule has 5 rings (SSSR count). The zero-order chi connectivity index (χ0) is 25.9. The third kappa shape index (κ3) is 5.19. The first-order chi connectivity index (χ1) is 17.9. The number of fused-ring (bicyclic) bond motifs is 1. The second kappa shape index (κ2) is 10.4. The lowest BCUT2D eigenvalue weighted by Crippen LogP contribution is -2.23. The second-order valence-corrected chi connectivity index (χ2v) is 9.00. The van der Waals surface area contributed by atoms with E-state index in [1.54, 1.807) is 35.0 Å².